The fourth-order valence-electron chi connectivity index (χ4n) is 3.27. The molecule has 29 heavy (non-hydrogen) atoms. The summed E-state index contributed by atoms with van der Waals surface area (Å²) in [4.78, 5) is 19.1. The number of benzene rings is 2. The van der Waals surface area contributed by atoms with E-state index in [0.717, 1.165) is 16.8 Å². The van der Waals surface area contributed by atoms with Crippen LogP contribution < -0.4 is 14.4 Å². The summed E-state index contributed by atoms with van der Waals surface area (Å²) in [6.45, 7) is 0.393. The highest BCUT2D eigenvalue weighted by atomic mass is 31.2. The zero-order chi connectivity index (χ0) is 20.3. The van der Waals surface area contributed by atoms with E-state index in [2.05, 4.69) is 28.8 Å². The van der Waals surface area contributed by atoms with Crippen LogP contribution in [0.3, 0.4) is 0 Å². The second-order valence-corrected chi connectivity index (χ2v) is 8.33. The Morgan fingerprint density at radius 2 is 1.24 bits per heavy atom. The molecule has 2 aromatic carbocycles. The van der Waals surface area contributed by atoms with Gasteiger partial charge in [-0.25, -0.2) is 4.57 Å². The van der Waals surface area contributed by atoms with Gasteiger partial charge < -0.3 is 9.79 Å². The van der Waals surface area contributed by atoms with Gasteiger partial charge in [0, 0.05) is 42.0 Å². The van der Waals surface area contributed by atoms with Crippen molar-refractivity contribution in [1.82, 2.24) is 0 Å². The summed E-state index contributed by atoms with van der Waals surface area (Å²) in [6.07, 6.45) is 7.90. The van der Waals surface area contributed by atoms with E-state index in [-0.39, 0.29) is 5.30 Å². The van der Waals surface area contributed by atoms with Gasteiger partial charge in [0.15, 0.2) is 31.3 Å². The van der Waals surface area contributed by atoms with Crippen molar-refractivity contribution in [1.29, 1.82) is 0 Å². The Kier molecular flexibility index (Phi) is 5.36. The lowest BCUT2D eigenvalue weighted by Crippen LogP contribution is -2.35. The van der Waals surface area contributed by atoms with Gasteiger partial charge in [-0.15, -0.1) is 0 Å². The Hall–Kier alpha value is -3.11. The van der Waals surface area contributed by atoms with Gasteiger partial charge in [0.05, 0.1) is 5.30 Å². The first kappa shape index (κ1) is 19.2. The second-order valence-electron chi connectivity index (χ2n) is 6.76. The summed E-state index contributed by atoms with van der Waals surface area (Å²) in [5, 5.41) is 0.0742. The molecule has 0 fully saturated rings. The van der Waals surface area contributed by atoms with Crippen molar-refractivity contribution in [2.75, 3.05) is 0 Å². The van der Waals surface area contributed by atoms with Crippen molar-refractivity contribution in [3.63, 3.8) is 0 Å². The number of para-hydroxylation sites is 1. The van der Waals surface area contributed by atoms with Crippen molar-refractivity contribution in [2.45, 2.75) is 6.54 Å². The number of nitrogens with zero attached hydrogens (tertiary/aromatic N) is 2. The van der Waals surface area contributed by atoms with Gasteiger partial charge in [0.1, 0.15) is 0 Å². The maximum absolute atomic E-state index is 11.7. The van der Waals surface area contributed by atoms with E-state index >= 15 is 0 Å². The monoisotopic (exact) mass is 404 g/mol. The fourth-order valence-corrected chi connectivity index (χ4v) is 4.07. The van der Waals surface area contributed by atoms with E-state index in [0.29, 0.717) is 12.1 Å². The van der Waals surface area contributed by atoms with Gasteiger partial charge in [-0.3, -0.25) is 4.57 Å². The maximum atomic E-state index is 11.7. The highest BCUT2D eigenvalue weighted by Crippen LogP contribution is 2.34. The minimum atomic E-state index is -4.30. The molecule has 6 heteroatoms. The van der Waals surface area contributed by atoms with Crippen LogP contribution in [0.25, 0.3) is 16.8 Å². The topological polar surface area (TPSA) is 65.3 Å². The van der Waals surface area contributed by atoms with Crippen LogP contribution in [0.1, 0.15) is 5.56 Å². The smallest absolute Gasteiger partial charge is 0.321 e. The molecule has 2 heterocycles. The van der Waals surface area contributed by atoms with Crippen molar-refractivity contribution in [3.8, 4) is 16.8 Å². The van der Waals surface area contributed by atoms with Crippen LogP contribution in [0.15, 0.2) is 104 Å². The summed E-state index contributed by atoms with van der Waals surface area (Å²) >= 11 is 0. The highest BCUT2D eigenvalue weighted by molar-refractivity contribution is 7.60. The average molecular weight is 404 g/mol. The predicted octanol–water partition coefficient (Wildman–Crippen LogP) is 2.77. The van der Waals surface area contributed by atoms with Crippen molar-refractivity contribution < 1.29 is 23.5 Å². The Morgan fingerprint density at radius 1 is 0.690 bits per heavy atom. The molecule has 4 rings (SSSR count). The lowest BCUT2D eigenvalue weighted by molar-refractivity contribution is -0.688. The van der Waals surface area contributed by atoms with Crippen molar-refractivity contribution >= 4 is 12.9 Å². The molecule has 4 aromatic rings. The largest absolute Gasteiger partial charge is 0.356 e. The number of rotatable bonds is 5. The molecule has 0 atom stereocenters. The molecule has 0 aliphatic heterocycles. The molecule has 2 N–H and O–H groups in total. The Morgan fingerprint density at radius 3 is 1.86 bits per heavy atom. The Labute approximate surface area is 169 Å². The molecule has 2 aromatic heterocycles. The van der Waals surface area contributed by atoms with E-state index in [4.69, 9.17) is 0 Å². The molecule has 0 amide bonds. The van der Waals surface area contributed by atoms with Gasteiger partial charge in [0.25, 0.3) is 0 Å². The van der Waals surface area contributed by atoms with Gasteiger partial charge in [-0.2, -0.15) is 4.57 Å². The van der Waals surface area contributed by atoms with Crippen LogP contribution in [-0.2, 0) is 11.1 Å². The van der Waals surface area contributed by atoms with Crippen LogP contribution in [0.2, 0.25) is 0 Å². The molecule has 144 valence electrons. The molecule has 0 aliphatic carbocycles. The molecule has 0 bridgehead atoms. The SMILES string of the molecule is O=P(O)(O)c1ccccc1C[n+]1ccc(-c2cc[n+](-c3ccccc3)cc2)cc1. The molecule has 0 saturated heterocycles. The van der Waals surface area contributed by atoms with Gasteiger partial charge in [0.2, 0.25) is 5.69 Å². The molecule has 0 spiro atoms. The van der Waals surface area contributed by atoms with Crippen molar-refractivity contribution in [3.05, 3.63) is 109 Å². The number of hydrogen-bond donors (Lipinski definition) is 2. The molecule has 0 radical (unpaired) electrons. The minimum Gasteiger partial charge on any atom is -0.321 e. The third-order valence-electron chi connectivity index (χ3n) is 4.77. The van der Waals surface area contributed by atoms with Crippen molar-refractivity contribution in [2.24, 2.45) is 0 Å². The van der Waals surface area contributed by atoms with E-state index in [1.165, 1.54) is 6.07 Å². The Bertz CT molecular complexity index is 1150. The zero-order valence-electron chi connectivity index (χ0n) is 15.7. The lowest BCUT2D eigenvalue weighted by atomic mass is 10.1. The van der Waals surface area contributed by atoms with E-state index in [1.807, 2.05) is 59.7 Å². The number of hydrogen-bond acceptors (Lipinski definition) is 1. The summed E-state index contributed by atoms with van der Waals surface area (Å²) in [7, 11) is -4.30. The molecule has 5 nitrogen and oxygen atoms in total. The van der Waals surface area contributed by atoms with E-state index in [1.54, 1.807) is 18.2 Å². The van der Waals surface area contributed by atoms with Gasteiger partial charge in [-0.05, 0) is 17.2 Å². The second kappa shape index (κ2) is 8.10. The first-order valence-corrected chi connectivity index (χ1v) is 10.8. The van der Waals surface area contributed by atoms with Gasteiger partial charge in [-0.1, -0.05) is 36.4 Å². The minimum absolute atomic E-state index is 0.0742. The van der Waals surface area contributed by atoms with Crippen LogP contribution in [0.5, 0.6) is 0 Å². The standard InChI is InChI=1S/C23H19N2O3P/c26-29(27,28)23-9-5-4-6-21(23)18-24-14-10-19(11-15-24)20-12-16-25(17-13-20)22-7-2-1-3-8-22/h1-17H,18H2/p+2. The first-order chi connectivity index (χ1) is 14.0. The molecule has 0 aliphatic rings. The molecule has 0 saturated carbocycles. The normalized spacial score (nSPS) is 11.4. The maximum Gasteiger partial charge on any atom is 0.356 e. The summed E-state index contributed by atoms with van der Waals surface area (Å²) in [6, 6.07) is 24.9. The summed E-state index contributed by atoms with van der Waals surface area (Å²) < 4.78 is 15.7. The Balaban J connectivity index is 1.54. The number of pyridine rings is 2. The van der Waals surface area contributed by atoms with Crippen LogP contribution in [-0.4, -0.2) is 9.79 Å². The third-order valence-corrected chi connectivity index (χ3v) is 5.83. The fraction of sp³-hybridized carbons (Fsp3) is 0.0435. The van der Waals surface area contributed by atoms with Crippen LogP contribution in [0, 0.1) is 0 Å². The summed E-state index contributed by atoms with van der Waals surface area (Å²) in [5.41, 5.74) is 3.89. The zero-order valence-corrected chi connectivity index (χ0v) is 16.6. The quantitative estimate of drug-likeness (QED) is 0.397. The predicted molar refractivity (Wildman–Crippen MR) is 111 cm³/mol. The molecular formula is C23H21N2O3P+2. The van der Waals surface area contributed by atoms with Gasteiger partial charge >= 0.3 is 7.60 Å². The molecular weight excluding hydrogens is 383 g/mol. The summed E-state index contributed by atoms with van der Waals surface area (Å²) in [5.74, 6) is 0. The third kappa shape index (κ3) is 4.49. The highest BCUT2D eigenvalue weighted by Gasteiger charge is 2.22. The molecule has 0 unspecified atom stereocenters. The van der Waals surface area contributed by atoms with E-state index < -0.39 is 7.60 Å². The first-order valence-electron chi connectivity index (χ1n) is 9.21. The lowest BCUT2D eigenvalue weighted by Gasteiger charge is -2.08. The van der Waals surface area contributed by atoms with Crippen LogP contribution >= 0.6 is 7.60 Å². The average Bonchev–Trinajstić information content (AvgIpc) is 2.75. The van der Waals surface area contributed by atoms with Crippen LogP contribution in [0.4, 0.5) is 0 Å². The number of aromatic nitrogens is 2. The van der Waals surface area contributed by atoms with E-state index in [9.17, 15) is 14.4 Å².